The topological polar surface area (TPSA) is 32.3 Å². The van der Waals surface area contributed by atoms with E-state index in [4.69, 9.17) is 5.11 Å². The third kappa shape index (κ3) is 2.88. The second kappa shape index (κ2) is 5.43. The Morgan fingerprint density at radius 3 is 2.79 bits per heavy atom. The van der Waals surface area contributed by atoms with Crippen molar-refractivity contribution in [1.82, 2.24) is 5.32 Å². The molecule has 0 aliphatic rings. The number of aryl methyl sites for hydroxylation is 1. The van der Waals surface area contributed by atoms with Crippen LogP contribution in [-0.4, -0.2) is 18.7 Å². The number of aliphatic hydroxyl groups excluding tert-OH is 1. The molecule has 74 valence electrons. The van der Waals surface area contributed by atoms with Gasteiger partial charge in [0.1, 0.15) is 0 Å². The van der Waals surface area contributed by atoms with Crippen molar-refractivity contribution in [2.45, 2.75) is 13.5 Å². The fourth-order valence-corrected chi connectivity index (χ4v) is 1.19. The molecule has 2 nitrogen and oxygen atoms in total. The molecule has 1 aromatic rings. The zero-order valence-corrected chi connectivity index (χ0v) is 8.59. The first-order valence-corrected chi connectivity index (χ1v) is 4.61. The van der Waals surface area contributed by atoms with E-state index in [1.807, 2.05) is 32.2 Å². The maximum Gasteiger partial charge on any atom is 0.0684 e. The predicted molar refractivity (Wildman–Crippen MR) is 57.9 cm³/mol. The zero-order chi connectivity index (χ0) is 10.4. The summed E-state index contributed by atoms with van der Waals surface area (Å²) in [4.78, 5) is 0. The molecule has 0 saturated heterocycles. The SMILES string of the molecule is CNCC#Cc1ccc(CO)c(C)c1. The van der Waals surface area contributed by atoms with E-state index in [0.717, 1.165) is 16.7 Å². The molecule has 14 heavy (non-hydrogen) atoms. The lowest BCUT2D eigenvalue weighted by Crippen LogP contribution is -2.04. The second-order valence-electron chi connectivity index (χ2n) is 3.13. The first-order valence-electron chi connectivity index (χ1n) is 4.61. The second-order valence-corrected chi connectivity index (χ2v) is 3.13. The highest BCUT2D eigenvalue weighted by molar-refractivity contribution is 5.40. The molecule has 0 aliphatic carbocycles. The molecule has 0 fully saturated rings. The Hall–Kier alpha value is -1.30. The molecule has 0 amide bonds. The molecule has 2 N–H and O–H groups in total. The number of aliphatic hydroxyl groups is 1. The van der Waals surface area contributed by atoms with Crippen molar-refractivity contribution in [3.63, 3.8) is 0 Å². The highest BCUT2D eigenvalue weighted by atomic mass is 16.3. The van der Waals surface area contributed by atoms with Gasteiger partial charge in [0.05, 0.1) is 13.2 Å². The third-order valence-corrected chi connectivity index (χ3v) is 2.01. The highest BCUT2D eigenvalue weighted by Crippen LogP contribution is 2.09. The van der Waals surface area contributed by atoms with Crippen molar-refractivity contribution < 1.29 is 5.11 Å². The van der Waals surface area contributed by atoms with Crippen LogP contribution in [0.1, 0.15) is 16.7 Å². The summed E-state index contributed by atoms with van der Waals surface area (Å²) >= 11 is 0. The molecule has 0 heterocycles. The van der Waals surface area contributed by atoms with Crippen molar-refractivity contribution in [2.24, 2.45) is 0 Å². The Morgan fingerprint density at radius 1 is 1.43 bits per heavy atom. The minimum absolute atomic E-state index is 0.0933. The lowest BCUT2D eigenvalue weighted by atomic mass is 10.1. The van der Waals surface area contributed by atoms with Gasteiger partial charge >= 0.3 is 0 Å². The fraction of sp³-hybridized carbons (Fsp3) is 0.333. The minimum atomic E-state index is 0.0933. The molecular weight excluding hydrogens is 174 g/mol. The van der Waals surface area contributed by atoms with Crippen LogP contribution >= 0.6 is 0 Å². The van der Waals surface area contributed by atoms with Gasteiger partial charge in [0, 0.05) is 5.56 Å². The van der Waals surface area contributed by atoms with Crippen molar-refractivity contribution >= 4 is 0 Å². The molecule has 0 aliphatic heterocycles. The van der Waals surface area contributed by atoms with Gasteiger partial charge in [0.15, 0.2) is 0 Å². The van der Waals surface area contributed by atoms with E-state index in [1.165, 1.54) is 0 Å². The molecule has 0 unspecified atom stereocenters. The van der Waals surface area contributed by atoms with E-state index < -0.39 is 0 Å². The van der Waals surface area contributed by atoms with Crippen LogP contribution in [0.4, 0.5) is 0 Å². The summed E-state index contributed by atoms with van der Waals surface area (Å²) in [7, 11) is 1.87. The van der Waals surface area contributed by atoms with Gasteiger partial charge in [-0.2, -0.15) is 0 Å². The lowest BCUT2D eigenvalue weighted by Gasteiger charge is -2.01. The number of hydrogen-bond donors (Lipinski definition) is 2. The summed E-state index contributed by atoms with van der Waals surface area (Å²) in [5.41, 5.74) is 3.04. The normalized spacial score (nSPS) is 9.36. The van der Waals surface area contributed by atoms with Crippen LogP contribution in [0, 0.1) is 18.8 Å². The van der Waals surface area contributed by atoms with Crippen LogP contribution in [0.15, 0.2) is 18.2 Å². The van der Waals surface area contributed by atoms with Gasteiger partial charge in [-0.15, -0.1) is 0 Å². The highest BCUT2D eigenvalue weighted by Gasteiger charge is 1.96. The fourth-order valence-electron chi connectivity index (χ4n) is 1.19. The smallest absolute Gasteiger partial charge is 0.0684 e. The standard InChI is InChI=1S/C12H15NO/c1-10-8-11(4-3-7-13-2)5-6-12(10)9-14/h5-6,8,13-14H,7,9H2,1-2H3. The average Bonchev–Trinajstić information content (AvgIpc) is 2.18. The molecule has 0 spiro atoms. The Labute approximate surface area is 85.0 Å². The maximum absolute atomic E-state index is 8.98. The summed E-state index contributed by atoms with van der Waals surface area (Å²) < 4.78 is 0. The van der Waals surface area contributed by atoms with Crippen molar-refractivity contribution in [3.05, 3.63) is 34.9 Å². The van der Waals surface area contributed by atoms with Gasteiger partial charge in [0.25, 0.3) is 0 Å². The average molecular weight is 189 g/mol. The Morgan fingerprint density at radius 2 is 2.21 bits per heavy atom. The minimum Gasteiger partial charge on any atom is -0.392 e. The van der Waals surface area contributed by atoms with E-state index in [-0.39, 0.29) is 6.61 Å². The molecule has 0 radical (unpaired) electrons. The summed E-state index contributed by atoms with van der Waals surface area (Å²) in [6, 6.07) is 5.84. The zero-order valence-electron chi connectivity index (χ0n) is 8.59. The third-order valence-electron chi connectivity index (χ3n) is 2.01. The van der Waals surface area contributed by atoms with E-state index in [9.17, 15) is 0 Å². The molecular formula is C12H15NO. The Kier molecular flexibility index (Phi) is 4.18. The monoisotopic (exact) mass is 189 g/mol. The largest absolute Gasteiger partial charge is 0.392 e. The van der Waals surface area contributed by atoms with E-state index in [1.54, 1.807) is 0 Å². The Balaban J connectivity index is 2.82. The van der Waals surface area contributed by atoms with Crippen LogP contribution in [0.25, 0.3) is 0 Å². The number of hydrogen-bond acceptors (Lipinski definition) is 2. The summed E-state index contributed by atoms with van der Waals surface area (Å²) in [6.45, 7) is 2.77. The molecule has 0 saturated carbocycles. The first-order chi connectivity index (χ1) is 6.77. The first kappa shape index (κ1) is 10.8. The van der Waals surface area contributed by atoms with Crippen LogP contribution in [0.3, 0.4) is 0 Å². The molecule has 2 heteroatoms. The van der Waals surface area contributed by atoms with Crippen LogP contribution in [-0.2, 0) is 6.61 Å². The van der Waals surface area contributed by atoms with Crippen LogP contribution in [0.2, 0.25) is 0 Å². The predicted octanol–water partition coefficient (Wildman–Crippen LogP) is 1.06. The van der Waals surface area contributed by atoms with Gasteiger partial charge in [-0.05, 0) is 37.2 Å². The van der Waals surface area contributed by atoms with Crippen molar-refractivity contribution in [3.8, 4) is 11.8 Å². The van der Waals surface area contributed by atoms with Gasteiger partial charge in [-0.3, -0.25) is 0 Å². The van der Waals surface area contributed by atoms with Gasteiger partial charge in [-0.1, -0.05) is 17.9 Å². The van der Waals surface area contributed by atoms with E-state index >= 15 is 0 Å². The summed E-state index contributed by atoms with van der Waals surface area (Å²) in [5, 5.41) is 11.9. The molecule has 0 bridgehead atoms. The molecule has 1 rings (SSSR count). The van der Waals surface area contributed by atoms with E-state index in [2.05, 4.69) is 17.2 Å². The van der Waals surface area contributed by atoms with E-state index in [0.29, 0.717) is 6.54 Å². The van der Waals surface area contributed by atoms with Crippen LogP contribution in [0.5, 0.6) is 0 Å². The number of nitrogens with one attached hydrogen (secondary N) is 1. The maximum atomic E-state index is 8.98. The molecule has 0 aromatic heterocycles. The summed E-state index contributed by atoms with van der Waals surface area (Å²) in [6.07, 6.45) is 0. The van der Waals surface area contributed by atoms with Crippen LogP contribution < -0.4 is 5.32 Å². The number of rotatable bonds is 2. The van der Waals surface area contributed by atoms with Gasteiger partial charge < -0.3 is 10.4 Å². The Bertz CT molecular complexity index is 360. The lowest BCUT2D eigenvalue weighted by molar-refractivity contribution is 0.281. The molecule has 1 aromatic carbocycles. The van der Waals surface area contributed by atoms with Crippen molar-refractivity contribution in [2.75, 3.05) is 13.6 Å². The van der Waals surface area contributed by atoms with Gasteiger partial charge in [0.2, 0.25) is 0 Å². The number of benzene rings is 1. The summed E-state index contributed by atoms with van der Waals surface area (Å²) in [5.74, 6) is 6.04. The van der Waals surface area contributed by atoms with Gasteiger partial charge in [-0.25, -0.2) is 0 Å². The van der Waals surface area contributed by atoms with Crippen molar-refractivity contribution in [1.29, 1.82) is 0 Å². The molecule has 0 atom stereocenters. The quantitative estimate of drug-likeness (QED) is 0.682.